The number of likely N-dealkylation sites (tertiary alicyclic amines) is 1. The number of carbonyl (C=O) groups is 2. The maximum Gasteiger partial charge on any atom is 0.220 e. The Morgan fingerprint density at radius 1 is 1.09 bits per heavy atom. The van der Waals surface area contributed by atoms with Crippen molar-refractivity contribution in [1.29, 1.82) is 0 Å². The van der Waals surface area contributed by atoms with Crippen molar-refractivity contribution in [2.45, 2.75) is 52.5 Å². The second-order valence-corrected chi connectivity index (χ2v) is 8.94. The van der Waals surface area contributed by atoms with Crippen LogP contribution in [-0.2, 0) is 11.2 Å². The molecule has 1 aliphatic heterocycles. The molecule has 3 heterocycles. The molecule has 2 aromatic heterocycles. The van der Waals surface area contributed by atoms with E-state index in [1.165, 1.54) is 5.56 Å². The Morgan fingerprint density at radius 2 is 1.82 bits per heavy atom. The fraction of sp³-hybridized carbons (Fsp3) is 0.423. The highest BCUT2D eigenvalue weighted by molar-refractivity contribution is 5.99. The molecule has 1 fully saturated rings. The summed E-state index contributed by atoms with van der Waals surface area (Å²) >= 11 is 0. The molecule has 0 unspecified atom stereocenters. The van der Waals surface area contributed by atoms with E-state index in [0.717, 1.165) is 55.1 Å². The molecular weight excluding hydrogens is 416 g/mol. The van der Waals surface area contributed by atoms with E-state index in [1.807, 2.05) is 67.8 Å². The van der Waals surface area contributed by atoms with Gasteiger partial charge in [-0.2, -0.15) is 0 Å². The van der Waals surface area contributed by atoms with Gasteiger partial charge in [0.25, 0.3) is 0 Å². The van der Waals surface area contributed by atoms with Crippen molar-refractivity contribution in [1.82, 2.24) is 19.9 Å². The molecule has 0 saturated carbocycles. The van der Waals surface area contributed by atoms with E-state index in [4.69, 9.17) is 4.52 Å². The maximum atomic E-state index is 13.0. The van der Waals surface area contributed by atoms with Gasteiger partial charge >= 0.3 is 0 Å². The summed E-state index contributed by atoms with van der Waals surface area (Å²) < 4.78 is 7.16. The number of benzene rings is 1. The maximum absolute atomic E-state index is 13.0. The van der Waals surface area contributed by atoms with E-state index >= 15 is 0 Å². The highest BCUT2D eigenvalue weighted by atomic mass is 16.5. The minimum absolute atomic E-state index is 0.101. The molecule has 1 N–H and O–H groups in total. The van der Waals surface area contributed by atoms with Gasteiger partial charge in [-0.15, -0.1) is 0 Å². The molecule has 0 bridgehead atoms. The lowest BCUT2D eigenvalue weighted by molar-refractivity contribution is -0.122. The topological polar surface area (TPSA) is 80.4 Å². The molecule has 1 aliphatic rings. The largest absolute Gasteiger partial charge is 0.360 e. The van der Waals surface area contributed by atoms with Gasteiger partial charge in [0.2, 0.25) is 5.91 Å². The summed E-state index contributed by atoms with van der Waals surface area (Å²) in [5.41, 5.74) is 3.75. The SMILES string of the molecule is Cc1cc(-n2c(C)cc(C(=O)CN3CCC(NC(=O)CCc4ccccc4)CC3)c2C)no1. The van der Waals surface area contributed by atoms with Gasteiger partial charge in [0.15, 0.2) is 11.6 Å². The van der Waals surface area contributed by atoms with Gasteiger partial charge in [-0.3, -0.25) is 19.1 Å². The van der Waals surface area contributed by atoms with E-state index in [1.54, 1.807) is 0 Å². The number of ketones is 1. The molecule has 33 heavy (non-hydrogen) atoms. The highest BCUT2D eigenvalue weighted by Gasteiger charge is 2.24. The first kappa shape index (κ1) is 23.0. The number of aromatic nitrogens is 2. The summed E-state index contributed by atoms with van der Waals surface area (Å²) in [5, 5.41) is 7.26. The third-order valence-electron chi connectivity index (χ3n) is 6.38. The number of nitrogens with zero attached hydrogens (tertiary/aromatic N) is 3. The second-order valence-electron chi connectivity index (χ2n) is 8.94. The number of Topliss-reactive ketones (excluding diaryl/α,β-unsaturated/α-hetero) is 1. The van der Waals surface area contributed by atoms with Gasteiger partial charge in [-0.05, 0) is 51.7 Å². The van der Waals surface area contributed by atoms with Crippen LogP contribution in [0, 0.1) is 20.8 Å². The molecule has 1 amide bonds. The molecule has 7 nitrogen and oxygen atoms in total. The lowest BCUT2D eigenvalue weighted by Crippen LogP contribution is -2.46. The Morgan fingerprint density at radius 3 is 2.48 bits per heavy atom. The van der Waals surface area contributed by atoms with Gasteiger partial charge in [-0.1, -0.05) is 35.5 Å². The first-order chi connectivity index (χ1) is 15.9. The van der Waals surface area contributed by atoms with Crippen LogP contribution in [0.1, 0.15) is 52.3 Å². The normalized spacial score (nSPS) is 15.0. The Kier molecular flexibility index (Phi) is 7.08. The van der Waals surface area contributed by atoms with Crippen LogP contribution in [0.2, 0.25) is 0 Å². The van der Waals surface area contributed by atoms with Gasteiger partial charge in [0.1, 0.15) is 5.76 Å². The fourth-order valence-corrected chi connectivity index (χ4v) is 4.58. The van der Waals surface area contributed by atoms with Gasteiger partial charge < -0.3 is 9.84 Å². The Hall–Kier alpha value is -3.19. The molecule has 0 radical (unpaired) electrons. The molecule has 0 spiro atoms. The van der Waals surface area contributed by atoms with Gasteiger partial charge in [0.05, 0.1) is 6.54 Å². The summed E-state index contributed by atoms with van der Waals surface area (Å²) in [7, 11) is 0. The third-order valence-corrected chi connectivity index (χ3v) is 6.38. The second kappa shape index (κ2) is 10.2. The number of amides is 1. The van der Waals surface area contributed by atoms with Crippen LogP contribution < -0.4 is 5.32 Å². The lowest BCUT2D eigenvalue weighted by Gasteiger charge is -2.31. The molecule has 0 atom stereocenters. The number of nitrogens with one attached hydrogen (secondary N) is 1. The van der Waals surface area contributed by atoms with E-state index in [-0.39, 0.29) is 17.7 Å². The Balaban J connectivity index is 1.26. The average molecular weight is 449 g/mol. The number of hydrogen-bond donors (Lipinski definition) is 1. The summed E-state index contributed by atoms with van der Waals surface area (Å²) in [4.78, 5) is 27.6. The van der Waals surface area contributed by atoms with E-state index < -0.39 is 0 Å². The molecular formula is C26H32N4O3. The zero-order valence-corrected chi connectivity index (χ0v) is 19.6. The first-order valence-electron chi connectivity index (χ1n) is 11.6. The van der Waals surface area contributed by atoms with Crippen molar-refractivity contribution in [3.05, 3.63) is 70.7 Å². The summed E-state index contributed by atoms with van der Waals surface area (Å²) in [6.45, 7) is 7.76. The van der Waals surface area contributed by atoms with Crippen LogP contribution in [0.3, 0.4) is 0 Å². The molecule has 1 aromatic carbocycles. The van der Waals surface area contributed by atoms with E-state index in [9.17, 15) is 9.59 Å². The van der Waals surface area contributed by atoms with Crippen LogP contribution in [-0.4, -0.2) is 52.0 Å². The molecule has 174 valence electrons. The summed E-state index contributed by atoms with van der Waals surface area (Å²) in [6.07, 6.45) is 2.99. The van der Waals surface area contributed by atoms with Crippen molar-refractivity contribution in [3.8, 4) is 5.82 Å². The van der Waals surface area contributed by atoms with Crippen molar-refractivity contribution < 1.29 is 14.1 Å². The fourth-order valence-electron chi connectivity index (χ4n) is 4.58. The zero-order chi connectivity index (χ0) is 23.4. The van der Waals surface area contributed by atoms with Crippen LogP contribution in [0.4, 0.5) is 0 Å². The minimum Gasteiger partial charge on any atom is -0.360 e. The number of piperidine rings is 1. The molecule has 1 saturated heterocycles. The number of aryl methyl sites for hydroxylation is 3. The zero-order valence-electron chi connectivity index (χ0n) is 19.6. The van der Waals surface area contributed by atoms with Crippen LogP contribution in [0.15, 0.2) is 47.0 Å². The number of rotatable bonds is 8. The highest BCUT2D eigenvalue weighted by Crippen LogP contribution is 2.22. The van der Waals surface area contributed by atoms with Gasteiger partial charge in [-0.25, -0.2) is 0 Å². The Bertz CT molecular complexity index is 1110. The standard InChI is InChI=1S/C26H32N4O3/c1-18-15-23(20(3)30(18)25-16-19(2)33-28-25)24(31)17-29-13-11-22(12-14-29)27-26(32)10-9-21-7-5-4-6-8-21/h4-8,15-16,22H,9-14,17H2,1-3H3,(H,27,32). The van der Waals surface area contributed by atoms with Crippen LogP contribution in [0.5, 0.6) is 0 Å². The lowest BCUT2D eigenvalue weighted by atomic mass is 10.0. The predicted molar refractivity (Wildman–Crippen MR) is 127 cm³/mol. The average Bonchev–Trinajstić information content (AvgIpc) is 3.36. The minimum atomic E-state index is 0.101. The van der Waals surface area contributed by atoms with E-state index in [2.05, 4.69) is 15.4 Å². The van der Waals surface area contributed by atoms with E-state index in [0.29, 0.717) is 18.8 Å². The first-order valence-corrected chi connectivity index (χ1v) is 11.6. The van der Waals surface area contributed by atoms with Crippen molar-refractivity contribution in [2.24, 2.45) is 0 Å². The number of carbonyl (C=O) groups excluding carboxylic acids is 2. The van der Waals surface area contributed by atoms with Crippen LogP contribution >= 0.6 is 0 Å². The molecule has 7 heteroatoms. The predicted octanol–water partition coefficient (Wildman–Crippen LogP) is 3.79. The van der Waals surface area contributed by atoms with Gasteiger partial charge in [0, 0.05) is 48.6 Å². The summed E-state index contributed by atoms with van der Waals surface area (Å²) in [5.74, 6) is 1.65. The quantitative estimate of drug-likeness (QED) is 0.531. The van der Waals surface area contributed by atoms with Crippen molar-refractivity contribution >= 4 is 11.7 Å². The third kappa shape index (κ3) is 5.60. The smallest absolute Gasteiger partial charge is 0.220 e. The van der Waals surface area contributed by atoms with Crippen molar-refractivity contribution in [2.75, 3.05) is 19.6 Å². The van der Waals surface area contributed by atoms with Crippen LogP contribution in [0.25, 0.3) is 5.82 Å². The Labute approximate surface area is 194 Å². The number of hydrogen-bond acceptors (Lipinski definition) is 5. The molecule has 3 aromatic rings. The summed E-state index contributed by atoms with van der Waals surface area (Å²) in [6, 6.07) is 14.1. The molecule has 0 aliphatic carbocycles. The monoisotopic (exact) mass is 448 g/mol. The molecule has 4 rings (SSSR count). The van der Waals surface area contributed by atoms with Crippen molar-refractivity contribution in [3.63, 3.8) is 0 Å².